The Morgan fingerprint density at radius 1 is 1.38 bits per heavy atom. The summed E-state index contributed by atoms with van der Waals surface area (Å²) in [4.78, 5) is 12.7. The Morgan fingerprint density at radius 2 is 1.94 bits per heavy atom. The number of carbonyl (C=O) groups is 1. The van der Waals surface area contributed by atoms with Gasteiger partial charge in [-0.05, 0) is 26.7 Å². The lowest BCUT2D eigenvalue weighted by Gasteiger charge is -2.36. The van der Waals surface area contributed by atoms with Gasteiger partial charge in [0, 0.05) is 13.1 Å². The molecule has 1 unspecified atom stereocenters. The zero-order valence-corrected chi connectivity index (χ0v) is 9.34. The van der Waals surface area contributed by atoms with Crippen molar-refractivity contribution >= 4 is 5.91 Å². The molecule has 16 heavy (non-hydrogen) atoms. The SMILES string of the molecule is CC(C)(O)C(=O)N1CCCC(C(F)(F)F)C1. The van der Waals surface area contributed by atoms with Gasteiger partial charge in [-0.1, -0.05) is 0 Å². The highest BCUT2D eigenvalue weighted by molar-refractivity contribution is 5.84. The van der Waals surface area contributed by atoms with Gasteiger partial charge in [-0.2, -0.15) is 13.2 Å². The molecule has 0 spiro atoms. The van der Waals surface area contributed by atoms with E-state index in [0.717, 1.165) is 4.90 Å². The first-order valence-electron chi connectivity index (χ1n) is 5.21. The molecule has 0 bridgehead atoms. The van der Waals surface area contributed by atoms with Crippen LogP contribution in [0.3, 0.4) is 0 Å². The van der Waals surface area contributed by atoms with Gasteiger partial charge in [0.2, 0.25) is 0 Å². The third kappa shape index (κ3) is 3.10. The minimum Gasteiger partial charge on any atom is -0.381 e. The summed E-state index contributed by atoms with van der Waals surface area (Å²) < 4.78 is 37.4. The molecule has 1 atom stereocenters. The van der Waals surface area contributed by atoms with Crippen LogP contribution in [-0.4, -0.2) is 40.8 Å². The molecule has 1 aliphatic rings. The Bertz CT molecular complexity index is 270. The summed E-state index contributed by atoms with van der Waals surface area (Å²) in [5.41, 5.74) is -1.60. The molecule has 0 aromatic carbocycles. The van der Waals surface area contributed by atoms with Crippen LogP contribution in [0.25, 0.3) is 0 Å². The van der Waals surface area contributed by atoms with Gasteiger partial charge in [0.05, 0.1) is 5.92 Å². The highest BCUT2D eigenvalue weighted by Gasteiger charge is 2.44. The van der Waals surface area contributed by atoms with Gasteiger partial charge in [0.1, 0.15) is 5.60 Å². The molecule has 0 aromatic heterocycles. The number of carbonyl (C=O) groups excluding carboxylic acids is 1. The average molecular weight is 239 g/mol. The maximum Gasteiger partial charge on any atom is 0.393 e. The Morgan fingerprint density at radius 3 is 2.38 bits per heavy atom. The number of amides is 1. The fraction of sp³-hybridized carbons (Fsp3) is 0.900. The molecule has 1 fully saturated rings. The molecule has 1 aliphatic heterocycles. The Kier molecular flexibility index (Phi) is 3.52. The van der Waals surface area contributed by atoms with Crippen LogP contribution in [0.5, 0.6) is 0 Å². The predicted octanol–water partition coefficient (Wildman–Crippen LogP) is 1.56. The number of alkyl halides is 3. The molecule has 1 saturated heterocycles. The molecule has 0 radical (unpaired) electrons. The van der Waals surface area contributed by atoms with Crippen molar-refractivity contribution in [2.45, 2.75) is 38.5 Å². The van der Waals surface area contributed by atoms with Crippen molar-refractivity contribution in [3.63, 3.8) is 0 Å². The maximum atomic E-state index is 12.5. The molecule has 6 heteroatoms. The van der Waals surface area contributed by atoms with Crippen molar-refractivity contribution in [2.24, 2.45) is 5.92 Å². The van der Waals surface area contributed by atoms with E-state index in [-0.39, 0.29) is 19.5 Å². The number of piperidine rings is 1. The Labute approximate surface area is 92.2 Å². The lowest BCUT2D eigenvalue weighted by atomic mass is 9.96. The Hall–Kier alpha value is -0.780. The monoisotopic (exact) mass is 239 g/mol. The van der Waals surface area contributed by atoms with Crippen molar-refractivity contribution in [2.75, 3.05) is 13.1 Å². The number of hydrogen-bond acceptors (Lipinski definition) is 2. The Balaban J connectivity index is 2.68. The highest BCUT2D eigenvalue weighted by Crippen LogP contribution is 2.33. The van der Waals surface area contributed by atoms with E-state index < -0.39 is 23.6 Å². The van der Waals surface area contributed by atoms with Crippen molar-refractivity contribution in [1.82, 2.24) is 4.90 Å². The van der Waals surface area contributed by atoms with Crippen molar-refractivity contribution in [3.8, 4) is 0 Å². The van der Waals surface area contributed by atoms with E-state index in [0.29, 0.717) is 6.42 Å². The van der Waals surface area contributed by atoms with Crippen LogP contribution in [-0.2, 0) is 4.79 Å². The summed E-state index contributed by atoms with van der Waals surface area (Å²) in [6, 6.07) is 0. The first-order valence-corrected chi connectivity index (χ1v) is 5.21. The minimum atomic E-state index is -4.27. The van der Waals surface area contributed by atoms with E-state index in [2.05, 4.69) is 0 Å². The van der Waals surface area contributed by atoms with E-state index in [1.54, 1.807) is 0 Å². The van der Waals surface area contributed by atoms with Gasteiger partial charge in [-0.15, -0.1) is 0 Å². The molecule has 1 N–H and O–H groups in total. The molecule has 0 aliphatic carbocycles. The molecule has 1 heterocycles. The van der Waals surface area contributed by atoms with Gasteiger partial charge in [-0.3, -0.25) is 4.79 Å². The summed E-state index contributed by atoms with van der Waals surface area (Å²) in [6.45, 7) is 2.51. The van der Waals surface area contributed by atoms with Crippen molar-refractivity contribution in [3.05, 3.63) is 0 Å². The van der Waals surface area contributed by atoms with Gasteiger partial charge >= 0.3 is 6.18 Å². The molecule has 1 amide bonds. The quantitative estimate of drug-likeness (QED) is 0.754. The molecular formula is C10H16F3NO2. The zero-order valence-electron chi connectivity index (χ0n) is 9.34. The minimum absolute atomic E-state index is 0.0547. The van der Waals surface area contributed by atoms with E-state index in [9.17, 15) is 23.1 Å². The predicted molar refractivity (Wildman–Crippen MR) is 51.7 cm³/mol. The van der Waals surface area contributed by atoms with Crippen LogP contribution in [0, 0.1) is 5.92 Å². The second-order valence-corrected chi connectivity index (χ2v) is 4.69. The number of rotatable bonds is 1. The summed E-state index contributed by atoms with van der Waals surface area (Å²) in [7, 11) is 0. The average Bonchev–Trinajstić information content (AvgIpc) is 2.14. The zero-order chi connectivity index (χ0) is 12.6. The second-order valence-electron chi connectivity index (χ2n) is 4.69. The third-order valence-corrected chi connectivity index (χ3v) is 2.69. The number of halogens is 3. The van der Waals surface area contributed by atoms with Gasteiger partial charge < -0.3 is 10.0 Å². The highest BCUT2D eigenvalue weighted by atomic mass is 19.4. The van der Waals surface area contributed by atoms with Crippen LogP contribution >= 0.6 is 0 Å². The summed E-state index contributed by atoms with van der Waals surface area (Å²) in [5.74, 6) is -2.10. The number of likely N-dealkylation sites (tertiary alicyclic amines) is 1. The fourth-order valence-corrected chi connectivity index (χ4v) is 1.82. The van der Waals surface area contributed by atoms with Crippen LogP contribution in [0.4, 0.5) is 13.2 Å². The second kappa shape index (κ2) is 4.24. The smallest absolute Gasteiger partial charge is 0.381 e. The first kappa shape index (κ1) is 13.3. The van der Waals surface area contributed by atoms with Crippen LogP contribution in [0.2, 0.25) is 0 Å². The lowest BCUT2D eigenvalue weighted by molar-refractivity contribution is -0.191. The van der Waals surface area contributed by atoms with Crippen LogP contribution < -0.4 is 0 Å². The fourth-order valence-electron chi connectivity index (χ4n) is 1.82. The largest absolute Gasteiger partial charge is 0.393 e. The van der Waals surface area contributed by atoms with Crippen molar-refractivity contribution < 1.29 is 23.1 Å². The van der Waals surface area contributed by atoms with E-state index in [4.69, 9.17) is 0 Å². The van der Waals surface area contributed by atoms with Crippen LogP contribution in [0.1, 0.15) is 26.7 Å². The van der Waals surface area contributed by atoms with E-state index in [1.165, 1.54) is 13.8 Å². The number of aliphatic hydroxyl groups is 1. The summed E-state index contributed by atoms with van der Waals surface area (Å²) >= 11 is 0. The molecule has 94 valence electrons. The molecular weight excluding hydrogens is 223 g/mol. The maximum absolute atomic E-state index is 12.5. The first-order chi connectivity index (χ1) is 7.12. The van der Waals surface area contributed by atoms with Gasteiger partial charge in [-0.25, -0.2) is 0 Å². The normalized spacial score (nSPS) is 23.4. The summed E-state index contributed by atoms with van der Waals surface area (Å²) in [5, 5.41) is 9.46. The van der Waals surface area contributed by atoms with Crippen LogP contribution in [0.15, 0.2) is 0 Å². The topological polar surface area (TPSA) is 40.5 Å². The lowest BCUT2D eigenvalue weighted by Crippen LogP contribution is -2.51. The van der Waals surface area contributed by atoms with E-state index >= 15 is 0 Å². The van der Waals surface area contributed by atoms with Crippen molar-refractivity contribution in [1.29, 1.82) is 0 Å². The van der Waals surface area contributed by atoms with Gasteiger partial charge in [0.25, 0.3) is 5.91 Å². The number of nitrogens with zero attached hydrogens (tertiary/aromatic N) is 1. The number of hydrogen-bond donors (Lipinski definition) is 1. The summed E-state index contributed by atoms with van der Waals surface area (Å²) in [6.07, 6.45) is -3.89. The van der Waals surface area contributed by atoms with E-state index in [1.807, 2.05) is 0 Å². The molecule has 0 aromatic rings. The standard InChI is InChI=1S/C10H16F3NO2/c1-9(2,16)8(15)14-5-3-4-7(6-14)10(11,12)13/h7,16H,3-6H2,1-2H3. The third-order valence-electron chi connectivity index (χ3n) is 2.69. The molecule has 0 saturated carbocycles. The molecule has 3 nitrogen and oxygen atoms in total. The van der Waals surface area contributed by atoms with Gasteiger partial charge in [0.15, 0.2) is 0 Å². The molecule has 1 rings (SSSR count).